The number of fused-ring (bicyclic) bond motifs is 1. The van der Waals surface area contributed by atoms with Gasteiger partial charge in [0.05, 0.1) is 22.9 Å². The van der Waals surface area contributed by atoms with Gasteiger partial charge in [0, 0.05) is 31.0 Å². The van der Waals surface area contributed by atoms with Crippen molar-refractivity contribution in [3.05, 3.63) is 60.2 Å². The van der Waals surface area contributed by atoms with E-state index in [1.165, 1.54) is 6.20 Å². The molecule has 0 saturated carbocycles. The molecule has 0 spiro atoms. The van der Waals surface area contributed by atoms with Crippen LogP contribution in [0.3, 0.4) is 0 Å². The van der Waals surface area contributed by atoms with Crippen LogP contribution >= 0.6 is 0 Å². The fourth-order valence-electron chi connectivity index (χ4n) is 2.27. The third kappa shape index (κ3) is 3.75. The summed E-state index contributed by atoms with van der Waals surface area (Å²) < 4.78 is 0. The fraction of sp³-hybridized carbons (Fsp3) is 0.176. The molecule has 0 aliphatic rings. The van der Waals surface area contributed by atoms with Crippen LogP contribution in [-0.2, 0) is 0 Å². The SMILES string of the molecule is O=C(NCCCNC(=O)c1ccc2nc[nH]c2c1)c1cccnc1. The van der Waals surface area contributed by atoms with Gasteiger partial charge in [-0.3, -0.25) is 14.6 Å². The maximum atomic E-state index is 12.1. The Bertz CT molecular complexity index is 844. The van der Waals surface area contributed by atoms with Crippen molar-refractivity contribution in [2.75, 3.05) is 13.1 Å². The predicted molar refractivity (Wildman–Crippen MR) is 89.6 cm³/mol. The molecule has 0 aliphatic heterocycles. The van der Waals surface area contributed by atoms with Gasteiger partial charge in [0.25, 0.3) is 11.8 Å². The molecule has 2 heterocycles. The molecule has 3 N–H and O–H groups in total. The van der Waals surface area contributed by atoms with E-state index in [1.54, 1.807) is 42.9 Å². The number of carbonyl (C=O) groups is 2. The van der Waals surface area contributed by atoms with Crippen LogP contribution < -0.4 is 10.6 Å². The summed E-state index contributed by atoms with van der Waals surface area (Å²) in [7, 11) is 0. The third-order valence-electron chi connectivity index (χ3n) is 3.53. The van der Waals surface area contributed by atoms with Gasteiger partial charge in [-0.05, 0) is 36.8 Å². The summed E-state index contributed by atoms with van der Waals surface area (Å²) in [6, 6.07) is 8.72. The van der Waals surface area contributed by atoms with Gasteiger partial charge in [-0.2, -0.15) is 0 Å². The number of benzene rings is 1. The first-order valence-corrected chi connectivity index (χ1v) is 7.63. The molecule has 0 fully saturated rings. The second-order valence-corrected chi connectivity index (χ2v) is 5.24. The number of aromatic nitrogens is 3. The molecule has 7 heteroatoms. The molecule has 2 amide bonds. The van der Waals surface area contributed by atoms with Gasteiger partial charge < -0.3 is 15.6 Å². The van der Waals surface area contributed by atoms with Crippen LogP contribution in [-0.4, -0.2) is 39.9 Å². The molecular weight excluding hydrogens is 306 g/mol. The Balaban J connectivity index is 1.41. The molecule has 0 aliphatic carbocycles. The fourth-order valence-corrected chi connectivity index (χ4v) is 2.27. The quantitative estimate of drug-likeness (QED) is 0.599. The molecule has 0 radical (unpaired) electrons. The summed E-state index contributed by atoms with van der Waals surface area (Å²) >= 11 is 0. The van der Waals surface area contributed by atoms with E-state index < -0.39 is 0 Å². The molecule has 3 aromatic rings. The van der Waals surface area contributed by atoms with Crippen LogP contribution in [0, 0.1) is 0 Å². The van der Waals surface area contributed by atoms with Gasteiger partial charge in [0.1, 0.15) is 0 Å². The lowest BCUT2D eigenvalue weighted by Gasteiger charge is -2.07. The molecule has 1 aromatic carbocycles. The molecule has 3 rings (SSSR count). The van der Waals surface area contributed by atoms with Crippen LogP contribution in [0.5, 0.6) is 0 Å². The Labute approximate surface area is 138 Å². The number of nitrogens with zero attached hydrogens (tertiary/aromatic N) is 2. The van der Waals surface area contributed by atoms with Crippen molar-refractivity contribution in [1.29, 1.82) is 0 Å². The largest absolute Gasteiger partial charge is 0.352 e. The number of amides is 2. The molecule has 2 aromatic heterocycles. The molecule has 0 unspecified atom stereocenters. The highest BCUT2D eigenvalue weighted by atomic mass is 16.2. The van der Waals surface area contributed by atoms with E-state index in [2.05, 4.69) is 25.6 Å². The lowest BCUT2D eigenvalue weighted by Crippen LogP contribution is -2.29. The maximum absolute atomic E-state index is 12.1. The maximum Gasteiger partial charge on any atom is 0.252 e. The van der Waals surface area contributed by atoms with E-state index in [0.717, 1.165) is 11.0 Å². The zero-order valence-corrected chi connectivity index (χ0v) is 13.0. The van der Waals surface area contributed by atoms with Gasteiger partial charge in [-0.15, -0.1) is 0 Å². The number of imidazole rings is 1. The summed E-state index contributed by atoms with van der Waals surface area (Å²) in [5, 5.41) is 5.62. The summed E-state index contributed by atoms with van der Waals surface area (Å²) in [5.41, 5.74) is 2.75. The molecule has 122 valence electrons. The van der Waals surface area contributed by atoms with Crippen LogP contribution in [0.4, 0.5) is 0 Å². The van der Waals surface area contributed by atoms with Crippen LogP contribution in [0.1, 0.15) is 27.1 Å². The van der Waals surface area contributed by atoms with Crippen LogP contribution in [0.2, 0.25) is 0 Å². The van der Waals surface area contributed by atoms with Crippen molar-refractivity contribution in [1.82, 2.24) is 25.6 Å². The van der Waals surface area contributed by atoms with E-state index in [1.807, 2.05) is 0 Å². The highest BCUT2D eigenvalue weighted by Gasteiger charge is 2.07. The minimum Gasteiger partial charge on any atom is -0.352 e. The lowest BCUT2D eigenvalue weighted by molar-refractivity contribution is 0.0951. The van der Waals surface area contributed by atoms with Gasteiger partial charge in [-0.25, -0.2) is 4.98 Å². The number of rotatable bonds is 6. The molecule has 0 bridgehead atoms. The Morgan fingerprint density at radius 3 is 2.58 bits per heavy atom. The van der Waals surface area contributed by atoms with Crippen molar-refractivity contribution in [3.8, 4) is 0 Å². The minimum atomic E-state index is -0.167. The highest BCUT2D eigenvalue weighted by molar-refractivity contribution is 5.97. The molecule has 24 heavy (non-hydrogen) atoms. The average molecular weight is 323 g/mol. The topological polar surface area (TPSA) is 99.8 Å². The van der Waals surface area contributed by atoms with E-state index in [0.29, 0.717) is 30.6 Å². The Kier molecular flexibility index (Phi) is 4.81. The summed E-state index contributed by atoms with van der Waals surface area (Å²) in [6.45, 7) is 0.959. The highest BCUT2D eigenvalue weighted by Crippen LogP contribution is 2.11. The van der Waals surface area contributed by atoms with E-state index >= 15 is 0 Å². The van der Waals surface area contributed by atoms with Crippen LogP contribution in [0.15, 0.2) is 49.1 Å². The second-order valence-electron chi connectivity index (χ2n) is 5.24. The summed E-state index contributed by atoms with van der Waals surface area (Å²) in [5.74, 6) is -0.316. The first-order valence-electron chi connectivity index (χ1n) is 7.63. The Hall–Kier alpha value is -3.22. The van der Waals surface area contributed by atoms with Gasteiger partial charge in [-0.1, -0.05) is 0 Å². The van der Waals surface area contributed by atoms with Crippen molar-refractivity contribution in [3.63, 3.8) is 0 Å². The lowest BCUT2D eigenvalue weighted by atomic mass is 10.2. The summed E-state index contributed by atoms with van der Waals surface area (Å²) in [6.07, 6.45) is 5.37. The van der Waals surface area contributed by atoms with Crippen LogP contribution in [0.25, 0.3) is 11.0 Å². The van der Waals surface area contributed by atoms with E-state index in [-0.39, 0.29) is 11.8 Å². The number of pyridine rings is 1. The van der Waals surface area contributed by atoms with Gasteiger partial charge in [0.15, 0.2) is 0 Å². The number of hydrogen-bond acceptors (Lipinski definition) is 4. The molecule has 0 atom stereocenters. The molecule has 7 nitrogen and oxygen atoms in total. The van der Waals surface area contributed by atoms with Crippen molar-refractivity contribution in [2.45, 2.75) is 6.42 Å². The Morgan fingerprint density at radius 2 is 1.83 bits per heavy atom. The minimum absolute atomic E-state index is 0.148. The number of hydrogen-bond donors (Lipinski definition) is 3. The predicted octanol–water partition coefficient (Wildman–Crippen LogP) is 1.51. The zero-order valence-electron chi connectivity index (χ0n) is 13.0. The van der Waals surface area contributed by atoms with E-state index in [4.69, 9.17) is 0 Å². The Morgan fingerprint density at radius 1 is 1.04 bits per heavy atom. The summed E-state index contributed by atoms with van der Waals surface area (Å²) in [4.78, 5) is 34.9. The number of aromatic amines is 1. The van der Waals surface area contributed by atoms with Crippen molar-refractivity contribution in [2.24, 2.45) is 0 Å². The number of carbonyl (C=O) groups excluding carboxylic acids is 2. The van der Waals surface area contributed by atoms with Gasteiger partial charge >= 0.3 is 0 Å². The molecule has 0 saturated heterocycles. The number of H-pyrrole nitrogens is 1. The first-order chi connectivity index (χ1) is 11.7. The third-order valence-corrected chi connectivity index (χ3v) is 3.53. The van der Waals surface area contributed by atoms with E-state index in [9.17, 15) is 9.59 Å². The number of nitrogens with one attached hydrogen (secondary N) is 3. The monoisotopic (exact) mass is 323 g/mol. The average Bonchev–Trinajstić information content (AvgIpc) is 3.09. The standard InChI is InChI=1S/C17H17N5O2/c23-16(12-4-5-14-15(9-12)22-11-21-14)19-7-2-8-20-17(24)13-3-1-6-18-10-13/h1,3-6,9-11H,2,7-8H2,(H,19,23)(H,20,24)(H,21,22). The molecular formula is C17H17N5O2. The first kappa shape index (κ1) is 15.7. The van der Waals surface area contributed by atoms with Crippen molar-refractivity contribution >= 4 is 22.8 Å². The second kappa shape index (κ2) is 7.36. The smallest absolute Gasteiger partial charge is 0.252 e. The van der Waals surface area contributed by atoms with Crippen molar-refractivity contribution < 1.29 is 9.59 Å². The normalized spacial score (nSPS) is 10.5. The zero-order chi connectivity index (χ0) is 16.8. The van der Waals surface area contributed by atoms with Gasteiger partial charge in [0.2, 0.25) is 0 Å².